The fourth-order valence-electron chi connectivity index (χ4n) is 2.09. The maximum atomic E-state index is 3.66. The predicted molar refractivity (Wildman–Crippen MR) is 52.1 cm³/mol. The highest BCUT2D eigenvalue weighted by molar-refractivity contribution is 5.00. The normalized spacial score (nSPS) is 28.5. The minimum absolute atomic E-state index is 0.679. The molecule has 12 heavy (non-hydrogen) atoms. The number of nitrogens with one attached hydrogen (secondary N) is 1. The Morgan fingerprint density at radius 2 is 2.08 bits per heavy atom. The monoisotopic (exact) mass is 167 g/mol. The molecule has 70 valence electrons. The summed E-state index contributed by atoms with van der Waals surface area (Å²) < 4.78 is 0. The summed E-state index contributed by atoms with van der Waals surface area (Å²) in [5.41, 5.74) is 0.679. The summed E-state index contributed by atoms with van der Waals surface area (Å²) >= 11 is 0. The van der Waals surface area contributed by atoms with Crippen molar-refractivity contribution in [1.82, 2.24) is 5.32 Å². The molecule has 1 nitrogen and oxygen atoms in total. The molecule has 0 aromatic rings. The molecule has 0 heterocycles. The average Bonchev–Trinajstić information content (AvgIpc) is 2.87. The fourth-order valence-corrected chi connectivity index (χ4v) is 2.09. The van der Waals surface area contributed by atoms with E-state index < -0.39 is 0 Å². The van der Waals surface area contributed by atoms with Crippen LogP contribution in [0.3, 0.4) is 0 Å². The molecule has 0 aromatic carbocycles. The van der Waals surface area contributed by atoms with Gasteiger partial charge in [0.25, 0.3) is 0 Å². The Morgan fingerprint density at radius 1 is 1.42 bits per heavy atom. The van der Waals surface area contributed by atoms with E-state index in [4.69, 9.17) is 0 Å². The second kappa shape index (κ2) is 3.02. The second-order valence-electron chi connectivity index (χ2n) is 4.94. The Hall–Kier alpha value is -0.0400. The summed E-state index contributed by atoms with van der Waals surface area (Å²) in [4.78, 5) is 0. The van der Waals surface area contributed by atoms with Crippen LogP contribution in [0.25, 0.3) is 0 Å². The summed E-state index contributed by atoms with van der Waals surface area (Å²) in [5.74, 6) is 1.08. The van der Waals surface area contributed by atoms with Crippen LogP contribution >= 0.6 is 0 Å². The van der Waals surface area contributed by atoms with Gasteiger partial charge in [-0.05, 0) is 37.1 Å². The van der Waals surface area contributed by atoms with Crippen molar-refractivity contribution in [2.45, 2.75) is 52.0 Å². The highest BCUT2D eigenvalue weighted by atomic mass is 14.9. The first-order valence-corrected chi connectivity index (χ1v) is 5.48. The first-order valence-electron chi connectivity index (χ1n) is 5.48. The molecule has 0 saturated heterocycles. The van der Waals surface area contributed by atoms with Gasteiger partial charge < -0.3 is 5.32 Å². The molecule has 2 aliphatic rings. The minimum Gasteiger partial charge on any atom is -0.314 e. The van der Waals surface area contributed by atoms with Gasteiger partial charge in [0, 0.05) is 6.04 Å². The van der Waals surface area contributed by atoms with Crippen molar-refractivity contribution < 1.29 is 0 Å². The van der Waals surface area contributed by atoms with Crippen LogP contribution in [-0.4, -0.2) is 12.6 Å². The smallest absolute Gasteiger partial charge is 0.0123 e. The first-order chi connectivity index (χ1) is 5.74. The molecule has 1 unspecified atom stereocenters. The van der Waals surface area contributed by atoms with Crippen molar-refractivity contribution >= 4 is 0 Å². The molecule has 0 bridgehead atoms. The Balaban J connectivity index is 1.83. The summed E-state index contributed by atoms with van der Waals surface area (Å²) in [6.45, 7) is 5.82. The van der Waals surface area contributed by atoms with Gasteiger partial charge >= 0.3 is 0 Å². The lowest BCUT2D eigenvalue weighted by Crippen LogP contribution is -2.36. The topological polar surface area (TPSA) is 12.0 Å². The molecule has 1 heteroatoms. The van der Waals surface area contributed by atoms with Crippen LogP contribution in [0.15, 0.2) is 0 Å². The van der Waals surface area contributed by atoms with Crippen molar-refractivity contribution in [3.8, 4) is 0 Å². The summed E-state index contributed by atoms with van der Waals surface area (Å²) in [6.07, 6.45) is 7.36. The molecule has 0 amide bonds. The van der Waals surface area contributed by atoms with Crippen LogP contribution in [-0.2, 0) is 0 Å². The predicted octanol–water partition coefficient (Wildman–Crippen LogP) is 2.56. The van der Waals surface area contributed by atoms with Crippen LogP contribution in [0.5, 0.6) is 0 Å². The quantitative estimate of drug-likeness (QED) is 0.663. The van der Waals surface area contributed by atoms with Crippen LogP contribution in [0.1, 0.15) is 46.0 Å². The lowest BCUT2D eigenvalue weighted by atomic mass is 9.94. The van der Waals surface area contributed by atoms with E-state index in [1.165, 1.54) is 32.1 Å². The van der Waals surface area contributed by atoms with E-state index in [0.717, 1.165) is 18.5 Å². The molecule has 0 aliphatic heterocycles. The van der Waals surface area contributed by atoms with Gasteiger partial charge in [0.1, 0.15) is 0 Å². The lowest BCUT2D eigenvalue weighted by molar-refractivity contribution is 0.330. The lowest BCUT2D eigenvalue weighted by Gasteiger charge is -2.24. The third-order valence-electron chi connectivity index (χ3n) is 3.60. The zero-order chi connectivity index (χ0) is 8.60. The molecule has 2 rings (SSSR count). The van der Waals surface area contributed by atoms with E-state index >= 15 is 0 Å². The van der Waals surface area contributed by atoms with E-state index in [0.29, 0.717) is 5.41 Å². The first kappa shape index (κ1) is 8.55. The second-order valence-corrected chi connectivity index (χ2v) is 4.94. The molecule has 2 saturated carbocycles. The van der Waals surface area contributed by atoms with E-state index in [-0.39, 0.29) is 0 Å². The van der Waals surface area contributed by atoms with Crippen LogP contribution in [0.2, 0.25) is 0 Å². The van der Waals surface area contributed by atoms with Gasteiger partial charge in [0.05, 0.1) is 0 Å². The maximum absolute atomic E-state index is 3.66. The SMILES string of the molecule is CCNC(CC1CC1)C1(C)CC1. The summed E-state index contributed by atoms with van der Waals surface area (Å²) in [7, 11) is 0. The zero-order valence-corrected chi connectivity index (χ0v) is 8.40. The highest BCUT2D eigenvalue weighted by Crippen LogP contribution is 2.51. The van der Waals surface area contributed by atoms with Gasteiger partial charge in [-0.2, -0.15) is 0 Å². The van der Waals surface area contributed by atoms with Gasteiger partial charge in [-0.1, -0.05) is 26.7 Å². The standard InChI is InChI=1S/C11H21N/c1-3-12-10(8-9-4-5-9)11(2)6-7-11/h9-10,12H,3-8H2,1-2H3. The van der Waals surface area contributed by atoms with Crippen molar-refractivity contribution in [2.75, 3.05) is 6.54 Å². The Morgan fingerprint density at radius 3 is 2.50 bits per heavy atom. The number of hydrogen-bond acceptors (Lipinski definition) is 1. The van der Waals surface area contributed by atoms with Crippen molar-refractivity contribution in [1.29, 1.82) is 0 Å². The van der Waals surface area contributed by atoms with Crippen LogP contribution in [0.4, 0.5) is 0 Å². The molecule has 1 atom stereocenters. The highest BCUT2D eigenvalue weighted by Gasteiger charge is 2.45. The van der Waals surface area contributed by atoms with Gasteiger partial charge in [-0.3, -0.25) is 0 Å². The summed E-state index contributed by atoms with van der Waals surface area (Å²) in [6, 6.07) is 0.829. The van der Waals surface area contributed by atoms with Gasteiger partial charge in [0.15, 0.2) is 0 Å². The van der Waals surface area contributed by atoms with Crippen LogP contribution < -0.4 is 5.32 Å². The van der Waals surface area contributed by atoms with Gasteiger partial charge in [-0.25, -0.2) is 0 Å². The fraction of sp³-hybridized carbons (Fsp3) is 1.00. The molecule has 1 N–H and O–H groups in total. The number of rotatable bonds is 5. The molecule has 0 spiro atoms. The van der Waals surface area contributed by atoms with E-state index in [9.17, 15) is 0 Å². The minimum atomic E-state index is 0.679. The van der Waals surface area contributed by atoms with E-state index in [1.807, 2.05) is 0 Å². The Kier molecular flexibility index (Phi) is 2.16. The van der Waals surface area contributed by atoms with Gasteiger partial charge in [-0.15, -0.1) is 0 Å². The van der Waals surface area contributed by atoms with Crippen molar-refractivity contribution in [2.24, 2.45) is 11.3 Å². The third-order valence-corrected chi connectivity index (χ3v) is 3.60. The average molecular weight is 167 g/mol. The van der Waals surface area contributed by atoms with Crippen molar-refractivity contribution in [3.63, 3.8) is 0 Å². The molecular weight excluding hydrogens is 146 g/mol. The largest absolute Gasteiger partial charge is 0.314 e. The van der Waals surface area contributed by atoms with Crippen molar-refractivity contribution in [3.05, 3.63) is 0 Å². The molecule has 0 aromatic heterocycles. The van der Waals surface area contributed by atoms with Gasteiger partial charge in [0.2, 0.25) is 0 Å². The van der Waals surface area contributed by atoms with Crippen LogP contribution in [0, 0.1) is 11.3 Å². The molecular formula is C11H21N. The van der Waals surface area contributed by atoms with E-state index in [1.54, 1.807) is 0 Å². The zero-order valence-electron chi connectivity index (χ0n) is 8.40. The van der Waals surface area contributed by atoms with E-state index in [2.05, 4.69) is 19.2 Å². The Bertz CT molecular complexity index is 156. The molecule has 2 fully saturated rings. The summed E-state index contributed by atoms with van der Waals surface area (Å²) in [5, 5.41) is 3.66. The Labute approximate surface area is 75.9 Å². The maximum Gasteiger partial charge on any atom is 0.0123 e. The molecule has 2 aliphatic carbocycles. The molecule has 0 radical (unpaired) electrons. The number of hydrogen-bond donors (Lipinski definition) is 1. The third kappa shape index (κ3) is 1.82.